The Morgan fingerprint density at radius 2 is 2.44 bits per heavy atom. The smallest absolute Gasteiger partial charge is 0.163 e. The molecule has 0 amide bonds. The molecule has 0 bridgehead atoms. The van der Waals surface area contributed by atoms with Gasteiger partial charge in [-0.15, -0.1) is 0 Å². The summed E-state index contributed by atoms with van der Waals surface area (Å²) < 4.78 is 0. The summed E-state index contributed by atoms with van der Waals surface area (Å²) >= 11 is 0. The maximum atomic E-state index is 10.8. The lowest BCUT2D eigenvalue weighted by Crippen LogP contribution is -2.16. The van der Waals surface area contributed by atoms with Crippen molar-refractivity contribution in [2.75, 3.05) is 13.7 Å². The van der Waals surface area contributed by atoms with E-state index in [1.165, 1.54) is 0 Å². The largest absolute Gasteiger partial charge is 0.297 e. The third kappa shape index (κ3) is 2.11. The SMILES string of the molecule is CNOCC(=O)C1CC1. The second kappa shape index (κ2) is 2.94. The van der Waals surface area contributed by atoms with E-state index >= 15 is 0 Å². The van der Waals surface area contributed by atoms with Gasteiger partial charge in [-0.2, -0.15) is 0 Å². The molecule has 9 heavy (non-hydrogen) atoms. The second-order valence-corrected chi connectivity index (χ2v) is 2.23. The highest BCUT2D eigenvalue weighted by molar-refractivity contribution is 5.84. The van der Waals surface area contributed by atoms with Gasteiger partial charge in [0.2, 0.25) is 0 Å². The molecule has 0 radical (unpaired) electrons. The van der Waals surface area contributed by atoms with Crippen molar-refractivity contribution in [1.82, 2.24) is 5.48 Å². The molecule has 52 valence electrons. The first-order valence-corrected chi connectivity index (χ1v) is 3.16. The Balaban J connectivity index is 2.03. The van der Waals surface area contributed by atoms with Crippen molar-refractivity contribution in [3.05, 3.63) is 0 Å². The first-order chi connectivity index (χ1) is 4.34. The summed E-state index contributed by atoms with van der Waals surface area (Å²) in [6.07, 6.45) is 2.12. The Labute approximate surface area is 54.3 Å². The Morgan fingerprint density at radius 3 is 2.89 bits per heavy atom. The van der Waals surface area contributed by atoms with Crippen LogP contribution in [0.5, 0.6) is 0 Å². The number of carbonyl (C=O) groups excluding carboxylic acids is 1. The quantitative estimate of drug-likeness (QED) is 0.548. The Hall–Kier alpha value is -0.410. The summed E-state index contributed by atoms with van der Waals surface area (Å²) in [7, 11) is 1.65. The van der Waals surface area contributed by atoms with Gasteiger partial charge in [0.05, 0.1) is 0 Å². The highest BCUT2D eigenvalue weighted by Gasteiger charge is 2.29. The van der Waals surface area contributed by atoms with Gasteiger partial charge in [0, 0.05) is 13.0 Å². The number of hydrogen-bond donors (Lipinski definition) is 1. The van der Waals surface area contributed by atoms with Crippen molar-refractivity contribution in [2.24, 2.45) is 5.92 Å². The lowest BCUT2D eigenvalue weighted by Gasteiger charge is -1.96. The zero-order chi connectivity index (χ0) is 6.69. The van der Waals surface area contributed by atoms with Gasteiger partial charge in [0.1, 0.15) is 6.61 Å². The Bertz CT molecular complexity index is 110. The Kier molecular flexibility index (Phi) is 2.19. The van der Waals surface area contributed by atoms with Gasteiger partial charge in [0.15, 0.2) is 5.78 Å². The van der Waals surface area contributed by atoms with Gasteiger partial charge in [-0.3, -0.25) is 9.63 Å². The van der Waals surface area contributed by atoms with E-state index in [2.05, 4.69) is 5.48 Å². The molecule has 0 aromatic carbocycles. The van der Waals surface area contributed by atoms with E-state index in [9.17, 15) is 4.79 Å². The van der Waals surface area contributed by atoms with Gasteiger partial charge in [0.25, 0.3) is 0 Å². The average molecular weight is 129 g/mol. The van der Waals surface area contributed by atoms with E-state index in [1.807, 2.05) is 0 Å². The minimum absolute atomic E-state index is 0.223. The first-order valence-electron chi connectivity index (χ1n) is 3.16. The Morgan fingerprint density at radius 1 is 1.78 bits per heavy atom. The summed E-state index contributed by atoms with van der Waals surface area (Å²) in [4.78, 5) is 15.5. The summed E-state index contributed by atoms with van der Waals surface area (Å²) in [6, 6.07) is 0. The predicted molar refractivity (Wildman–Crippen MR) is 32.7 cm³/mol. The predicted octanol–water partition coefficient (Wildman–Crippen LogP) is 0.116. The minimum atomic E-state index is 0.223. The van der Waals surface area contributed by atoms with Gasteiger partial charge < -0.3 is 0 Å². The van der Waals surface area contributed by atoms with Crippen LogP contribution in [-0.4, -0.2) is 19.4 Å². The fourth-order valence-electron chi connectivity index (χ4n) is 0.666. The van der Waals surface area contributed by atoms with Crippen molar-refractivity contribution in [1.29, 1.82) is 0 Å². The van der Waals surface area contributed by atoms with Crippen LogP contribution in [0.3, 0.4) is 0 Å². The molecular formula is C6H11NO2. The number of hydrogen-bond acceptors (Lipinski definition) is 3. The van der Waals surface area contributed by atoms with Crippen molar-refractivity contribution in [3.63, 3.8) is 0 Å². The molecule has 0 unspecified atom stereocenters. The minimum Gasteiger partial charge on any atom is -0.297 e. The molecule has 0 heterocycles. The lowest BCUT2D eigenvalue weighted by molar-refractivity contribution is -0.127. The maximum absolute atomic E-state index is 10.8. The van der Waals surface area contributed by atoms with Gasteiger partial charge in [-0.05, 0) is 12.8 Å². The van der Waals surface area contributed by atoms with Crippen LogP contribution in [0.15, 0.2) is 0 Å². The highest BCUT2D eigenvalue weighted by atomic mass is 16.6. The van der Waals surface area contributed by atoms with Crippen LogP contribution < -0.4 is 5.48 Å². The maximum Gasteiger partial charge on any atom is 0.163 e. The normalized spacial score (nSPS) is 17.9. The molecule has 1 aliphatic rings. The van der Waals surface area contributed by atoms with E-state index in [0.717, 1.165) is 12.8 Å². The molecule has 1 rings (SSSR count). The van der Waals surface area contributed by atoms with Crippen LogP contribution in [0.2, 0.25) is 0 Å². The summed E-state index contributed by atoms with van der Waals surface area (Å²) in [5.74, 6) is 0.544. The number of rotatable bonds is 4. The molecule has 1 N–H and O–H groups in total. The second-order valence-electron chi connectivity index (χ2n) is 2.23. The number of carbonyl (C=O) groups is 1. The standard InChI is InChI=1S/C6H11NO2/c1-7-9-4-6(8)5-2-3-5/h5,7H,2-4H2,1H3. The van der Waals surface area contributed by atoms with Crippen LogP contribution >= 0.6 is 0 Å². The summed E-state index contributed by atoms with van der Waals surface area (Å²) in [5.41, 5.74) is 2.46. The number of nitrogens with one attached hydrogen (secondary N) is 1. The third-order valence-electron chi connectivity index (χ3n) is 1.39. The first kappa shape index (κ1) is 6.71. The zero-order valence-electron chi connectivity index (χ0n) is 5.52. The molecule has 1 saturated carbocycles. The molecule has 0 saturated heterocycles. The average Bonchev–Trinajstić information content (AvgIpc) is 2.63. The molecule has 0 atom stereocenters. The third-order valence-corrected chi connectivity index (χ3v) is 1.39. The molecular weight excluding hydrogens is 118 g/mol. The zero-order valence-corrected chi connectivity index (χ0v) is 5.52. The van der Waals surface area contributed by atoms with E-state index in [4.69, 9.17) is 4.84 Å². The monoisotopic (exact) mass is 129 g/mol. The van der Waals surface area contributed by atoms with Crippen molar-refractivity contribution >= 4 is 5.78 Å². The van der Waals surface area contributed by atoms with Gasteiger partial charge in [-0.25, -0.2) is 5.48 Å². The van der Waals surface area contributed by atoms with Crippen LogP contribution in [0.25, 0.3) is 0 Å². The van der Waals surface area contributed by atoms with E-state index < -0.39 is 0 Å². The summed E-state index contributed by atoms with van der Waals surface area (Å²) in [6.45, 7) is 0.223. The van der Waals surface area contributed by atoms with E-state index in [1.54, 1.807) is 7.05 Å². The number of Topliss-reactive ketones (excluding diaryl/α,β-unsaturated/α-hetero) is 1. The lowest BCUT2D eigenvalue weighted by atomic mass is 10.3. The fraction of sp³-hybridized carbons (Fsp3) is 0.833. The van der Waals surface area contributed by atoms with Crippen LogP contribution in [-0.2, 0) is 9.63 Å². The fourth-order valence-corrected chi connectivity index (χ4v) is 0.666. The molecule has 1 fully saturated rings. The van der Waals surface area contributed by atoms with Crippen molar-refractivity contribution in [2.45, 2.75) is 12.8 Å². The van der Waals surface area contributed by atoms with Crippen LogP contribution in [0.4, 0.5) is 0 Å². The molecule has 0 spiro atoms. The molecule has 3 nitrogen and oxygen atoms in total. The molecule has 0 aliphatic heterocycles. The number of ketones is 1. The summed E-state index contributed by atoms with van der Waals surface area (Å²) in [5, 5.41) is 0. The number of hydroxylamine groups is 1. The van der Waals surface area contributed by atoms with Gasteiger partial charge in [-0.1, -0.05) is 0 Å². The highest BCUT2D eigenvalue weighted by Crippen LogP contribution is 2.29. The van der Waals surface area contributed by atoms with E-state index in [0.29, 0.717) is 5.92 Å². The molecule has 0 aromatic rings. The molecule has 0 aromatic heterocycles. The van der Waals surface area contributed by atoms with Gasteiger partial charge >= 0.3 is 0 Å². The topological polar surface area (TPSA) is 38.3 Å². The van der Waals surface area contributed by atoms with Crippen molar-refractivity contribution in [3.8, 4) is 0 Å². The molecule has 1 aliphatic carbocycles. The van der Waals surface area contributed by atoms with Crippen LogP contribution in [0.1, 0.15) is 12.8 Å². The van der Waals surface area contributed by atoms with Crippen LogP contribution in [0, 0.1) is 5.92 Å². The molecule has 3 heteroatoms. The van der Waals surface area contributed by atoms with E-state index in [-0.39, 0.29) is 12.4 Å². The van der Waals surface area contributed by atoms with Crippen molar-refractivity contribution < 1.29 is 9.63 Å².